The second-order valence-corrected chi connectivity index (χ2v) is 18.9. The van der Waals surface area contributed by atoms with E-state index >= 15 is 0 Å². The monoisotopic (exact) mass is 844 g/mol. The maximum atomic E-state index is 2.47. The zero-order valence-electron chi connectivity index (χ0n) is 33.6. The first-order chi connectivity index (χ1) is 25.1. The molecule has 0 fully saturated rings. The Labute approximate surface area is 370 Å². The van der Waals surface area contributed by atoms with Crippen molar-refractivity contribution in [1.82, 2.24) is 0 Å². The molecule has 0 heterocycles. The fourth-order valence-electron chi connectivity index (χ4n) is 8.51. The smallest absolute Gasteiger partial charge is 1.00 e. The molecule has 284 valence electrons. The minimum atomic E-state index is -2.77. The summed E-state index contributed by atoms with van der Waals surface area (Å²) in [4.78, 5) is 0. The second-order valence-electron chi connectivity index (χ2n) is 15.2. The molecule has 0 aliphatic carbocycles. The van der Waals surface area contributed by atoms with Gasteiger partial charge in [-0.3, -0.25) is 0 Å². The van der Waals surface area contributed by atoms with Gasteiger partial charge in [-0.05, 0) is 89.0 Å². The molecule has 7 aromatic rings. The summed E-state index contributed by atoms with van der Waals surface area (Å²) in [5.41, 5.74) is 17.8. The van der Waals surface area contributed by atoms with Crippen molar-refractivity contribution in [2.75, 3.05) is 0 Å². The summed E-state index contributed by atoms with van der Waals surface area (Å²) in [6.07, 6.45) is 2.80. The van der Waals surface area contributed by atoms with E-state index in [1.807, 2.05) is 0 Å². The molecular weight excluding hydrogens is 795 g/mol. The summed E-state index contributed by atoms with van der Waals surface area (Å²) >= 11 is 0. The van der Waals surface area contributed by atoms with Crippen molar-refractivity contribution in [2.24, 2.45) is 0 Å². The number of hydrogen-bond donors (Lipinski definition) is 0. The Kier molecular flexibility index (Phi) is 16.9. The van der Waals surface area contributed by atoms with Crippen LogP contribution in [0.4, 0.5) is 0 Å². The fraction of sp³-hybridized carbons (Fsp3) is 0.196. The molecule has 0 bridgehead atoms. The van der Waals surface area contributed by atoms with Gasteiger partial charge in [0.05, 0.1) is 0 Å². The van der Waals surface area contributed by atoms with Crippen LogP contribution in [0.25, 0.3) is 0 Å². The average Bonchev–Trinajstić information content (AvgIpc) is 3.32. The number of aryl methyl sites for hydroxylation is 3. The predicted molar refractivity (Wildman–Crippen MR) is 227 cm³/mol. The molecule has 0 unspecified atom stereocenters. The average molecular weight is 846 g/mol. The molecule has 7 aromatic carbocycles. The first-order valence-corrected chi connectivity index (χ1v) is 20.8. The topological polar surface area (TPSA) is 0 Å². The van der Waals surface area contributed by atoms with E-state index in [1.54, 1.807) is 5.19 Å². The molecule has 56 heavy (non-hydrogen) atoms. The molecule has 0 aliphatic heterocycles. The summed E-state index contributed by atoms with van der Waals surface area (Å²) in [5, 5.41) is 5.87. The molecule has 0 radical (unpaired) electrons. The SMILES string of the molecule is Cc1cccc(Cc2ccc([Si](c3ccc(Cc4cccc(C)c4)cc3)(c3ccc(Cc4cccc(C)c4)cc3)c3c(C)c(C)c(C)[c-]3C)cc2)c1.[Cl-].[Cl-].[Cl-].[Ti+4]. The van der Waals surface area contributed by atoms with Crippen LogP contribution in [0, 0.1) is 48.5 Å². The normalized spacial score (nSPS) is 10.8. The van der Waals surface area contributed by atoms with Crippen LogP contribution < -0.4 is 58.0 Å². The maximum Gasteiger partial charge on any atom is 4.00 e. The van der Waals surface area contributed by atoms with Crippen LogP contribution in [0.3, 0.4) is 0 Å². The van der Waals surface area contributed by atoms with E-state index in [9.17, 15) is 0 Å². The number of halogens is 3. The minimum Gasteiger partial charge on any atom is -1.00 e. The molecule has 7 rings (SSSR count). The van der Waals surface area contributed by atoms with Crippen LogP contribution in [0.1, 0.15) is 72.3 Å². The van der Waals surface area contributed by atoms with E-state index < -0.39 is 8.07 Å². The summed E-state index contributed by atoms with van der Waals surface area (Å²) in [5.74, 6) is 0. The van der Waals surface area contributed by atoms with E-state index in [-0.39, 0.29) is 58.9 Å². The molecule has 0 N–H and O–H groups in total. The van der Waals surface area contributed by atoms with E-state index in [1.165, 1.54) is 87.9 Å². The van der Waals surface area contributed by atoms with Crippen LogP contribution in [-0.4, -0.2) is 8.07 Å². The van der Waals surface area contributed by atoms with Crippen molar-refractivity contribution in [3.8, 4) is 0 Å². The van der Waals surface area contributed by atoms with E-state index in [0.29, 0.717) is 0 Å². The molecule has 0 aliphatic rings. The van der Waals surface area contributed by atoms with Crippen LogP contribution in [0.5, 0.6) is 0 Å². The number of benzene rings is 6. The first kappa shape index (κ1) is 46.9. The van der Waals surface area contributed by atoms with Crippen LogP contribution >= 0.6 is 0 Å². The van der Waals surface area contributed by atoms with Crippen molar-refractivity contribution < 1.29 is 58.9 Å². The summed E-state index contributed by atoms with van der Waals surface area (Å²) in [7, 11) is -2.77. The van der Waals surface area contributed by atoms with Crippen molar-refractivity contribution in [2.45, 2.75) is 67.7 Å². The maximum absolute atomic E-state index is 2.77. The van der Waals surface area contributed by atoms with Crippen molar-refractivity contribution >= 4 is 28.8 Å². The largest absolute Gasteiger partial charge is 4.00 e. The van der Waals surface area contributed by atoms with Gasteiger partial charge in [-0.2, -0.15) is 27.4 Å². The molecular formula is C51H51Cl3SiTi. The third kappa shape index (κ3) is 9.76. The van der Waals surface area contributed by atoms with Gasteiger partial charge in [-0.15, -0.1) is 0 Å². The number of rotatable bonds is 10. The molecule has 5 heteroatoms. The van der Waals surface area contributed by atoms with Crippen molar-refractivity contribution in [3.05, 3.63) is 218 Å². The van der Waals surface area contributed by atoms with Gasteiger partial charge in [-0.1, -0.05) is 190 Å². The Morgan fingerprint density at radius 3 is 0.946 bits per heavy atom. The van der Waals surface area contributed by atoms with Crippen LogP contribution in [-0.2, 0) is 41.0 Å². The fourth-order valence-corrected chi connectivity index (χ4v) is 13.9. The first-order valence-electron chi connectivity index (χ1n) is 18.8. The van der Waals surface area contributed by atoms with Gasteiger partial charge in [0, 0.05) is 0 Å². The Hall–Kier alpha value is -3.53. The second kappa shape index (κ2) is 20.2. The molecule has 0 atom stereocenters. The van der Waals surface area contributed by atoms with Crippen LogP contribution in [0.15, 0.2) is 146 Å². The van der Waals surface area contributed by atoms with E-state index in [2.05, 4.69) is 194 Å². The Morgan fingerprint density at radius 2 is 0.696 bits per heavy atom. The zero-order chi connectivity index (χ0) is 36.4. The molecule has 0 saturated carbocycles. The Bertz CT molecular complexity index is 2090. The van der Waals surface area contributed by atoms with E-state index in [0.717, 1.165) is 19.3 Å². The molecule has 0 spiro atoms. The quantitative estimate of drug-likeness (QED) is 0.108. The standard InChI is InChI=1S/C51H51Si.3ClH.Ti/c1-35-11-8-14-45(29-35)32-42-17-23-48(24-18-42)52(51-40(6)38(4)39(5)41(51)7,49-25-19-43(20-26-49)33-46-15-9-12-36(2)30-46)50-27-21-44(22-28-50)34-47-16-10-13-37(3)31-47;;;;/h8-31H,32-34H2,1-7H3;3*1H;/q-1;;;;+4/p-3. The molecule has 0 aromatic heterocycles. The van der Waals surface area contributed by atoms with E-state index in [4.69, 9.17) is 0 Å². The molecule has 0 nitrogen and oxygen atoms in total. The van der Waals surface area contributed by atoms with Crippen molar-refractivity contribution in [3.63, 3.8) is 0 Å². The molecule has 0 amide bonds. The number of hydrogen-bond acceptors (Lipinski definition) is 0. The van der Waals surface area contributed by atoms with Gasteiger partial charge >= 0.3 is 21.7 Å². The minimum absolute atomic E-state index is 0. The molecule has 0 saturated heterocycles. The third-order valence-corrected chi connectivity index (χ3v) is 16.5. The van der Waals surface area contributed by atoms with Gasteiger partial charge in [0.2, 0.25) is 0 Å². The predicted octanol–water partition coefficient (Wildman–Crippen LogP) is 0.724. The van der Waals surface area contributed by atoms with Crippen molar-refractivity contribution in [1.29, 1.82) is 0 Å². The Morgan fingerprint density at radius 1 is 0.393 bits per heavy atom. The Balaban J connectivity index is 0.00000210. The van der Waals surface area contributed by atoms with Gasteiger partial charge in [0.25, 0.3) is 0 Å². The third-order valence-electron chi connectivity index (χ3n) is 11.4. The summed E-state index contributed by atoms with van der Waals surface area (Å²) < 4.78 is 0. The van der Waals surface area contributed by atoms with Gasteiger partial charge < -0.3 is 37.2 Å². The van der Waals surface area contributed by atoms with Gasteiger partial charge in [0.1, 0.15) is 0 Å². The van der Waals surface area contributed by atoms with Gasteiger partial charge in [-0.25, -0.2) is 0 Å². The van der Waals surface area contributed by atoms with Gasteiger partial charge in [0.15, 0.2) is 8.07 Å². The van der Waals surface area contributed by atoms with Crippen LogP contribution in [0.2, 0.25) is 0 Å². The summed E-state index contributed by atoms with van der Waals surface area (Å²) in [6, 6.07) is 55.9. The summed E-state index contributed by atoms with van der Waals surface area (Å²) in [6.45, 7) is 15.9. The zero-order valence-corrected chi connectivity index (χ0v) is 38.4.